The van der Waals surface area contributed by atoms with Crippen LogP contribution in [0, 0.1) is 5.92 Å². The SMILES string of the molecule is CCCCCCNC(=NC)N(C)CC1CCOC1.I. The fourth-order valence-corrected chi connectivity index (χ4v) is 2.34. The Bertz CT molecular complexity index is 243. The molecule has 19 heavy (non-hydrogen) atoms. The quantitative estimate of drug-likeness (QED) is 0.318. The molecule has 1 fully saturated rings. The highest BCUT2D eigenvalue weighted by atomic mass is 127. The second-order valence-electron chi connectivity index (χ2n) is 5.14. The first-order chi connectivity index (χ1) is 8.77. The number of guanidine groups is 1. The molecule has 1 atom stereocenters. The van der Waals surface area contributed by atoms with E-state index in [1.807, 2.05) is 7.05 Å². The van der Waals surface area contributed by atoms with Crippen LogP contribution in [0.5, 0.6) is 0 Å². The zero-order valence-corrected chi connectivity index (χ0v) is 15.0. The Balaban J connectivity index is 0.00000324. The number of hydrogen-bond acceptors (Lipinski definition) is 2. The molecule has 1 unspecified atom stereocenters. The van der Waals surface area contributed by atoms with Crippen molar-refractivity contribution < 1.29 is 4.74 Å². The number of nitrogens with one attached hydrogen (secondary N) is 1. The Morgan fingerprint density at radius 2 is 2.16 bits per heavy atom. The van der Waals surface area contributed by atoms with Gasteiger partial charge in [-0.15, -0.1) is 24.0 Å². The number of aliphatic imine (C=N–C) groups is 1. The molecule has 0 aliphatic carbocycles. The molecule has 1 heterocycles. The molecule has 0 aromatic rings. The van der Waals surface area contributed by atoms with E-state index >= 15 is 0 Å². The highest BCUT2D eigenvalue weighted by Crippen LogP contribution is 2.13. The van der Waals surface area contributed by atoms with Crippen molar-refractivity contribution in [2.75, 3.05) is 40.4 Å². The number of rotatable bonds is 7. The van der Waals surface area contributed by atoms with E-state index in [-0.39, 0.29) is 24.0 Å². The van der Waals surface area contributed by atoms with Crippen LogP contribution < -0.4 is 5.32 Å². The van der Waals surface area contributed by atoms with Crippen molar-refractivity contribution in [2.24, 2.45) is 10.9 Å². The van der Waals surface area contributed by atoms with Gasteiger partial charge in [0.2, 0.25) is 0 Å². The van der Waals surface area contributed by atoms with Crippen molar-refractivity contribution in [3.63, 3.8) is 0 Å². The van der Waals surface area contributed by atoms with Gasteiger partial charge in [-0.1, -0.05) is 26.2 Å². The minimum Gasteiger partial charge on any atom is -0.381 e. The molecule has 0 bridgehead atoms. The van der Waals surface area contributed by atoms with Crippen LogP contribution in [-0.2, 0) is 4.74 Å². The Morgan fingerprint density at radius 3 is 2.74 bits per heavy atom. The van der Waals surface area contributed by atoms with Gasteiger partial charge in [0.1, 0.15) is 0 Å². The van der Waals surface area contributed by atoms with Gasteiger partial charge in [-0.25, -0.2) is 0 Å². The van der Waals surface area contributed by atoms with E-state index in [1.165, 1.54) is 32.1 Å². The number of unbranched alkanes of at least 4 members (excludes halogenated alkanes) is 3. The smallest absolute Gasteiger partial charge is 0.193 e. The summed E-state index contributed by atoms with van der Waals surface area (Å²) in [6.45, 7) is 6.12. The number of nitrogens with zero attached hydrogens (tertiary/aromatic N) is 2. The molecule has 0 radical (unpaired) electrons. The summed E-state index contributed by atoms with van der Waals surface area (Å²) in [5.74, 6) is 1.67. The Labute approximate surface area is 135 Å². The highest BCUT2D eigenvalue weighted by Gasteiger charge is 2.18. The van der Waals surface area contributed by atoms with Crippen LogP contribution in [0.3, 0.4) is 0 Å². The third-order valence-electron chi connectivity index (χ3n) is 3.44. The van der Waals surface area contributed by atoms with Gasteiger partial charge >= 0.3 is 0 Å². The van der Waals surface area contributed by atoms with Crippen LogP contribution in [0.1, 0.15) is 39.0 Å². The maximum Gasteiger partial charge on any atom is 0.193 e. The van der Waals surface area contributed by atoms with Crippen LogP contribution in [0.2, 0.25) is 0 Å². The maximum atomic E-state index is 5.41. The van der Waals surface area contributed by atoms with Gasteiger partial charge in [0.25, 0.3) is 0 Å². The standard InChI is InChI=1S/C14H29N3O.HI/c1-4-5-6-7-9-16-14(15-2)17(3)11-13-8-10-18-12-13;/h13H,4-12H2,1-3H3,(H,15,16);1H. The minimum absolute atomic E-state index is 0. The lowest BCUT2D eigenvalue weighted by Gasteiger charge is -2.24. The van der Waals surface area contributed by atoms with Crippen molar-refractivity contribution >= 4 is 29.9 Å². The molecule has 1 aliphatic heterocycles. The van der Waals surface area contributed by atoms with Crippen LogP contribution >= 0.6 is 24.0 Å². The molecular weight excluding hydrogens is 353 g/mol. The third-order valence-corrected chi connectivity index (χ3v) is 3.44. The van der Waals surface area contributed by atoms with Gasteiger partial charge in [0, 0.05) is 39.7 Å². The van der Waals surface area contributed by atoms with Gasteiger partial charge in [0.05, 0.1) is 6.61 Å². The summed E-state index contributed by atoms with van der Waals surface area (Å²) < 4.78 is 5.41. The average Bonchev–Trinajstić information content (AvgIpc) is 2.86. The summed E-state index contributed by atoms with van der Waals surface area (Å²) >= 11 is 0. The Morgan fingerprint density at radius 1 is 1.37 bits per heavy atom. The Hall–Kier alpha value is -0.0400. The normalized spacial score (nSPS) is 19.1. The summed E-state index contributed by atoms with van der Waals surface area (Å²) in [6.07, 6.45) is 6.33. The molecule has 1 aliphatic rings. The molecule has 0 amide bonds. The molecular formula is C14H30IN3O. The van der Waals surface area contributed by atoms with Gasteiger partial charge in [-0.05, 0) is 12.8 Å². The topological polar surface area (TPSA) is 36.9 Å². The number of hydrogen-bond donors (Lipinski definition) is 1. The fraction of sp³-hybridized carbons (Fsp3) is 0.929. The molecule has 5 heteroatoms. The molecule has 4 nitrogen and oxygen atoms in total. The first-order valence-electron chi connectivity index (χ1n) is 7.27. The predicted octanol–water partition coefficient (Wildman–Crippen LogP) is 2.73. The van der Waals surface area contributed by atoms with Gasteiger partial charge < -0.3 is 15.0 Å². The summed E-state index contributed by atoms with van der Waals surface area (Å²) in [5.41, 5.74) is 0. The van der Waals surface area contributed by atoms with Crippen LogP contribution in [0.4, 0.5) is 0 Å². The van der Waals surface area contributed by atoms with E-state index in [0.29, 0.717) is 5.92 Å². The first kappa shape index (κ1) is 19.0. The highest BCUT2D eigenvalue weighted by molar-refractivity contribution is 14.0. The zero-order valence-electron chi connectivity index (χ0n) is 12.7. The number of halogens is 1. The third kappa shape index (κ3) is 7.97. The molecule has 0 spiro atoms. The molecule has 1 saturated heterocycles. The largest absolute Gasteiger partial charge is 0.381 e. The van der Waals surface area contributed by atoms with Crippen LogP contribution in [0.25, 0.3) is 0 Å². The van der Waals surface area contributed by atoms with Crippen molar-refractivity contribution in [2.45, 2.75) is 39.0 Å². The first-order valence-corrected chi connectivity index (χ1v) is 7.27. The van der Waals surface area contributed by atoms with Gasteiger partial charge in [-0.3, -0.25) is 4.99 Å². The van der Waals surface area contributed by atoms with Gasteiger partial charge in [0.15, 0.2) is 5.96 Å². The van der Waals surface area contributed by atoms with Crippen molar-refractivity contribution in [1.82, 2.24) is 10.2 Å². The molecule has 0 aromatic heterocycles. The van der Waals surface area contributed by atoms with Crippen LogP contribution in [0.15, 0.2) is 4.99 Å². The molecule has 1 rings (SSSR count). The number of ether oxygens (including phenoxy) is 1. The summed E-state index contributed by atoms with van der Waals surface area (Å²) in [6, 6.07) is 0. The van der Waals surface area contributed by atoms with Crippen LogP contribution in [-0.4, -0.2) is 51.3 Å². The van der Waals surface area contributed by atoms with E-state index in [0.717, 1.165) is 32.3 Å². The van der Waals surface area contributed by atoms with Crippen molar-refractivity contribution in [3.05, 3.63) is 0 Å². The fourth-order valence-electron chi connectivity index (χ4n) is 2.34. The van der Waals surface area contributed by atoms with Crippen molar-refractivity contribution in [1.29, 1.82) is 0 Å². The molecule has 0 aromatic carbocycles. The summed E-state index contributed by atoms with van der Waals surface area (Å²) in [7, 11) is 3.97. The zero-order chi connectivity index (χ0) is 13.2. The van der Waals surface area contributed by atoms with E-state index in [4.69, 9.17) is 4.74 Å². The van der Waals surface area contributed by atoms with E-state index in [2.05, 4.69) is 29.2 Å². The predicted molar refractivity (Wildman–Crippen MR) is 92.5 cm³/mol. The van der Waals surface area contributed by atoms with Crippen molar-refractivity contribution in [3.8, 4) is 0 Å². The second-order valence-corrected chi connectivity index (χ2v) is 5.14. The monoisotopic (exact) mass is 383 g/mol. The Kier molecular flexibility index (Phi) is 11.7. The maximum absolute atomic E-state index is 5.41. The lowest BCUT2D eigenvalue weighted by atomic mass is 10.1. The van der Waals surface area contributed by atoms with E-state index in [1.54, 1.807) is 0 Å². The minimum atomic E-state index is 0. The molecule has 114 valence electrons. The van der Waals surface area contributed by atoms with E-state index < -0.39 is 0 Å². The lowest BCUT2D eigenvalue weighted by molar-refractivity contribution is 0.181. The average molecular weight is 383 g/mol. The second kappa shape index (κ2) is 11.8. The molecule has 1 N–H and O–H groups in total. The van der Waals surface area contributed by atoms with Gasteiger partial charge in [-0.2, -0.15) is 0 Å². The molecule has 0 saturated carbocycles. The summed E-state index contributed by atoms with van der Waals surface area (Å²) in [4.78, 5) is 6.56. The van der Waals surface area contributed by atoms with E-state index in [9.17, 15) is 0 Å². The lowest BCUT2D eigenvalue weighted by Crippen LogP contribution is -2.41. The summed E-state index contributed by atoms with van der Waals surface area (Å²) in [5, 5.41) is 3.44.